The molecule has 5 nitrogen and oxygen atoms in total. The van der Waals surface area contributed by atoms with Crippen molar-refractivity contribution in [3.8, 4) is 34.6 Å². The molecule has 0 fully saturated rings. The second-order valence-electron chi connectivity index (χ2n) is 11.3. The first kappa shape index (κ1) is 25.5. The summed E-state index contributed by atoms with van der Waals surface area (Å²) in [6, 6.07) is 39.9. The van der Waals surface area contributed by atoms with E-state index in [9.17, 15) is 10.5 Å². The highest BCUT2D eigenvalue weighted by Gasteiger charge is 2.23. The molecule has 0 aliphatic rings. The number of hydrogen-bond acceptors (Lipinski definition) is 3. The largest absolute Gasteiger partial charge is 0.307 e. The summed E-state index contributed by atoms with van der Waals surface area (Å²) >= 11 is 0. The van der Waals surface area contributed by atoms with E-state index in [1.54, 1.807) is 6.07 Å². The minimum Gasteiger partial charge on any atom is -0.307 e. The van der Waals surface area contributed by atoms with E-state index in [2.05, 4.69) is 120 Å². The first-order valence-corrected chi connectivity index (χ1v) is 14.5. The molecule has 0 unspecified atom stereocenters. The number of nitriles is 2. The monoisotopic (exact) mass is 563 g/mol. The Kier molecular flexibility index (Phi) is 5.63. The van der Waals surface area contributed by atoms with E-state index in [0.717, 1.165) is 55.3 Å². The molecule has 0 aliphatic heterocycles. The summed E-state index contributed by atoms with van der Waals surface area (Å²) < 4.78 is 4.55. The molecule has 0 radical (unpaired) electrons. The average molecular weight is 564 g/mol. The number of aryl methyl sites for hydroxylation is 2. The molecule has 0 bridgehead atoms. The minimum absolute atomic E-state index is 0.342. The second-order valence-corrected chi connectivity index (χ2v) is 11.3. The van der Waals surface area contributed by atoms with E-state index in [-0.39, 0.29) is 0 Å². The molecule has 8 rings (SSSR count). The molecule has 0 saturated heterocycles. The number of nitrogens with zero attached hydrogens (tertiary/aromatic N) is 5. The first-order valence-electron chi connectivity index (χ1n) is 14.5. The van der Waals surface area contributed by atoms with E-state index >= 15 is 0 Å². The summed E-state index contributed by atoms with van der Waals surface area (Å²) in [5.41, 5.74) is 10.9. The van der Waals surface area contributed by atoms with Crippen LogP contribution in [0.3, 0.4) is 0 Å². The molecule has 3 aromatic heterocycles. The van der Waals surface area contributed by atoms with E-state index in [1.165, 1.54) is 21.9 Å². The molecular weight excluding hydrogens is 538 g/mol. The number of para-hydroxylation sites is 2. The number of fused-ring (bicyclic) bond motifs is 6. The summed E-state index contributed by atoms with van der Waals surface area (Å²) in [7, 11) is 0. The normalized spacial score (nSPS) is 11.4. The fourth-order valence-electron chi connectivity index (χ4n) is 6.66. The average Bonchev–Trinajstić information content (AvgIpc) is 3.56. The Morgan fingerprint density at radius 2 is 1.02 bits per heavy atom. The smallest absolute Gasteiger partial charge is 0.101 e. The summed E-state index contributed by atoms with van der Waals surface area (Å²) in [5.74, 6) is 0. The Labute approximate surface area is 254 Å². The molecule has 206 valence electrons. The summed E-state index contributed by atoms with van der Waals surface area (Å²) in [6.07, 6.45) is 3.82. The van der Waals surface area contributed by atoms with Gasteiger partial charge < -0.3 is 9.13 Å². The highest BCUT2D eigenvalue weighted by Crippen LogP contribution is 2.42. The Hall–Kier alpha value is -6.17. The molecule has 0 N–H and O–H groups in total. The van der Waals surface area contributed by atoms with E-state index in [0.29, 0.717) is 11.1 Å². The lowest BCUT2D eigenvalue weighted by Gasteiger charge is -2.19. The third kappa shape index (κ3) is 3.67. The van der Waals surface area contributed by atoms with Crippen molar-refractivity contribution in [2.75, 3.05) is 0 Å². The number of hydrogen-bond donors (Lipinski definition) is 0. The molecular formula is C39H25N5. The lowest BCUT2D eigenvalue weighted by Crippen LogP contribution is -2.05. The predicted molar refractivity (Wildman–Crippen MR) is 177 cm³/mol. The van der Waals surface area contributed by atoms with Crippen LogP contribution in [0.2, 0.25) is 0 Å². The number of rotatable bonds is 3. The molecule has 0 saturated carbocycles. The SMILES string of the molecule is Cc1ccc2c(c1)c1ccccc1n2-c1cncc(-n2c3ccccc3c3cc(C)ccc32)c1-c1ccc(C#N)c(C#N)c1. The fraction of sp³-hybridized carbons (Fsp3) is 0.0513. The Balaban J connectivity index is 1.57. The van der Waals surface area contributed by atoms with Crippen LogP contribution in [0.1, 0.15) is 22.3 Å². The molecule has 8 aromatic rings. The highest BCUT2D eigenvalue weighted by molar-refractivity contribution is 6.12. The van der Waals surface area contributed by atoms with Gasteiger partial charge >= 0.3 is 0 Å². The van der Waals surface area contributed by atoms with Crippen molar-refractivity contribution in [3.05, 3.63) is 138 Å². The molecule has 0 atom stereocenters. The van der Waals surface area contributed by atoms with Gasteiger partial charge in [-0.15, -0.1) is 0 Å². The maximum Gasteiger partial charge on any atom is 0.101 e. The Morgan fingerprint density at radius 1 is 0.523 bits per heavy atom. The van der Waals surface area contributed by atoms with Crippen molar-refractivity contribution in [2.45, 2.75) is 13.8 Å². The van der Waals surface area contributed by atoms with Gasteiger partial charge in [0.05, 0.1) is 57.0 Å². The van der Waals surface area contributed by atoms with Gasteiger partial charge in [0, 0.05) is 27.1 Å². The van der Waals surface area contributed by atoms with Crippen molar-refractivity contribution < 1.29 is 0 Å². The fourth-order valence-corrected chi connectivity index (χ4v) is 6.66. The van der Waals surface area contributed by atoms with Crippen LogP contribution in [0, 0.1) is 36.5 Å². The van der Waals surface area contributed by atoms with E-state index < -0.39 is 0 Å². The zero-order valence-corrected chi connectivity index (χ0v) is 24.2. The van der Waals surface area contributed by atoms with Crippen molar-refractivity contribution in [3.63, 3.8) is 0 Å². The molecule has 0 aliphatic carbocycles. The van der Waals surface area contributed by atoms with Crippen molar-refractivity contribution in [2.24, 2.45) is 0 Å². The second kappa shape index (κ2) is 9.70. The van der Waals surface area contributed by atoms with Gasteiger partial charge in [0.25, 0.3) is 0 Å². The molecule has 3 heterocycles. The van der Waals surface area contributed by atoms with Gasteiger partial charge in [0.1, 0.15) is 12.1 Å². The van der Waals surface area contributed by atoms with Gasteiger partial charge in [-0.3, -0.25) is 4.98 Å². The predicted octanol–water partition coefficient (Wildman–Crippen LogP) is 9.30. The van der Waals surface area contributed by atoms with Crippen LogP contribution in [0.5, 0.6) is 0 Å². The van der Waals surface area contributed by atoms with Crippen LogP contribution in [-0.2, 0) is 0 Å². The van der Waals surface area contributed by atoms with Gasteiger partial charge in [0.15, 0.2) is 0 Å². The molecule has 5 heteroatoms. The lowest BCUT2D eigenvalue weighted by atomic mass is 9.98. The standard InChI is InChI=1S/C39H25N5/c1-24-11-15-35-31(17-24)29-7-3-5-9-33(29)43(35)37-22-42-23-38(39(37)26-13-14-27(20-40)28(19-26)21-41)44-34-10-6-4-8-30(34)32-18-25(2)12-16-36(32)44/h3-19,22-23H,1-2H3. The Bertz CT molecular complexity index is 2410. The van der Waals surface area contributed by atoms with E-state index in [1.807, 2.05) is 24.5 Å². The number of pyridine rings is 1. The number of benzene rings is 5. The van der Waals surface area contributed by atoms with Gasteiger partial charge in [-0.25, -0.2) is 0 Å². The molecule has 5 aromatic carbocycles. The molecule has 0 amide bonds. The molecule has 0 spiro atoms. The van der Waals surface area contributed by atoms with Crippen LogP contribution in [-0.4, -0.2) is 14.1 Å². The number of aromatic nitrogens is 3. The Morgan fingerprint density at radius 3 is 1.55 bits per heavy atom. The third-order valence-corrected chi connectivity index (χ3v) is 8.59. The van der Waals surface area contributed by atoms with Crippen molar-refractivity contribution >= 4 is 43.6 Å². The van der Waals surface area contributed by atoms with Gasteiger partial charge in [-0.1, -0.05) is 65.7 Å². The van der Waals surface area contributed by atoms with Crippen molar-refractivity contribution in [1.82, 2.24) is 14.1 Å². The maximum atomic E-state index is 10.0. The van der Waals surface area contributed by atoms with Gasteiger partial charge in [-0.2, -0.15) is 10.5 Å². The zero-order chi connectivity index (χ0) is 29.9. The van der Waals surface area contributed by atoms with Crippen LogP contribution in [0.25, 0.3) is 66.1 Å². The quantitative estimate of drug-likeness (QED) is 0.215. The molecule has 44 heavy (non-hydrogen) atoms. The topological polar surface area (TPSA) is 70.3 Å². The van der Waals surface area contributed by atoms with E-state index in [4.69, 9.17) is 4.98 Å². The van der Waals surface area contributed by atoms with Gasteiger partial charge in [-0.05, 0) is 67.9 Å². The van der Waals surface area contributed by atoms with Crippen LogP contribution >= 0.6 is 0 Å². The summed E-state index contributed by atoms with van der Waals surface area (Å²) in [6.45, 7) is 4.23. The van der Waals surface area contributed by atoms with Crippen LogP contribution in [0.15, 0.2) is 116 Å². The third-order valence-electron chi connectivity index (χ3n) is 8.59. The summed E-state index contributed by atoms with van der Waals surface area (Å²) in [4.78, 5) is 4.86. The van der Waals surface area contributed by atoms with Crippen molar-refractivity contribution in [1.29, 1.82) is 10.5 Å². The minimum atomic E-state index is 0.342. The van der Waals surface area contributed by atoms with Gasteiger partial charge in [0.2, 0.25) is 0 Å². The zero-order valence-electron chi connectivity index (χ0n) is 24.2. The highest BCUT2D eigenvalue weighted by atomic mass is 15.0. The van der Waals surface area contributed by atoms with Crippen LogP contribution < -0.4 is 0 Å². The maximum absolute atomic E-state index is 10.0. The first-order chi connectivity index (χ1) is 21.6. The summed E-state index contributed by atoms with van der Waals surface area (Å²) in [5, 5.41) is 24.4. The van der Waals surface area contributed by atoms with Crippen LogP contribution in [0.4, 0.5) is 0 Å². The lowest BCUT2D eigenvalue weighted by molar-refractivity contribution is 1.09.